The fraction of sp³-hybridized carbons (Fsp3) is 0.333. The molecule has 1 N–H and O–H groups in total. The fourth-order valence-electron chi connectivity index (χ4n) is 4.42. The Balaban J connectivity index is 1.79. The molecule has 0 saturated carbocycles. The van der Waals surface area contributed by atoms with E-state index in [2.05, 4.69) is 15.6 Å². The van der Waals surface area contributed by atoms with Gasteiger partial charge in [-0.25, -0.2) is 4.68 Å². The van der Waals surface area contributed by atoms with E-state index in [0.717, 1.165) is 11.1 Å². The summed E-state index contributed by atoms with van der Waals surface area (Å²) in [5, 5.41) is 11.5. The van der Waals surface area contributed by atoms with E-state index in [-0.39, 0.29) is 24.9 Å². The maximum atomic E-state index is 14.1. The third kappa shape index (κ3) is 6.73. The van der Waals surface area contributed by atoms with Gasteiger partial charge in [0, 0.05) is 11.1 Å². The van der Waals surface area contributed by atoms with Crippen LogP contribution in [0.15, 0.2) is 72.8 Å². The van der Waals surface area contributed by atoms with Gasteiger partial charge >= 0.3 is 0 Å². The molecular formula is C30H35N5O4. The molecule has 4 aromatic rings. The summed E-state index contributed by atoms with van der Waals surface area (Å²) in [4.78, 5) is 29.6. The lowest BCUT2D eigenvalue weighted by atomic mass is 10.0. The van der Waals surface area contributed by atoms with Gasteiger partial charge in [-0.05, 0) is 63.6 Å². The zero-order valence-corrected chi connectivity index (χ0v) is 23.0. The molecule has 2 amide bonds. The number of benzene rings is 3. The molecule has 0 spiro atoms. The quantitative estimate of drug-likeness (QED) is 0.324. The minimum Gasteiger partial charge on any atom is -0.496 e. The molecule has 0 aliphatic rings. The smallest absolute Gasteiger partial charge is 0.247 e. The van der Waals surface area contributed by atoms with E-state index in [1.165, 1.54) is 0 Å². The first-order chi connectivity index (χ1) is 18.7. The lowest BCUT2D eigenvalue weighted by Gasteiger charge is -2.34. The van der Waals surface area contributed by atoms with Crippen LogP contribution < -0.4 is 14.8 Å². The Morgan fingerprint density at radius 3 is 2.38 bits per heavy atom. The minimum absolute atomic E-state index is 0.0913. The summed E-state index contributed by atoms with van der Waals surface area (Å²) in [7, 11) is 1.59. The molecule has 1 atom stereocenters. The van der Waals surface area contributed by atoms with Gasteiger partial charge in [-0.1, -0.05) is 47.7 Å². The maximum Gasteiger partial charge on any atom is 0.247 e. The predicted molar refractivity (Wildman–Crippen MR) is 149 cm³/mol. The first-order valence-electron chi connectivity index (χ1n) is 12.9. The monoisotopic (exact) mass is 529 g/mol. The lowest BCUT2D eigenvalue weighted by molar-refractivity contribution is -0.142. The van der Waals surface area contributed by atoms with Gasteiger partial charge in [0.1, 0.15) is 29.6 Å². The van der Waals surface area contributed by atoms with Crippen molar-refractivity contribution in [2.24, 2.45) is 0 Å². The summed E-state index contributed by atoms with van der Waals surface area (Å²) < 4.78 is 12.7. The maximum absolute atomic E-state index is 14.1. The summed E-state index contributed by atoms with van der Waals surface area (Å²) in [5.74, 6) is 0.731. The summed E-state index contributed by atoms with van der Waals surface area (Å²) >= 11 is 0. The van der Waals surface area contributed by atoms with Crippen molar-refractivity contribution in [3.8, 4) is 11.5 Å². The molecule has 39 heavy (non-hydrogen) atoms. The Hall–Kier alpha value is -4.40. The topological polar surface area (TPSA) is 98.6 Å². The van der Waals surface area contributed by atoms with Crippen LogP contribution in [-0.4, -0.2) is 51.0 Å². The van der Waals surface area contributed by atoms with E-state index in [4.69, 9.17) is 9.47 Å². The molecule has 0 aliphatic heterocycles. The zero-order valence-electron chi connectivity index (χ0n) is 23.0. The van der Waals surface area contributed by atoms with Gasteiger partial charge in [0.25, 0.3) is 0 Å². The van der Waals surface area contributed by atoms with Gasteiger partial charge in [0.2, 0.25) is 11.8 Å². The highest BCUT2D eigenvalue weighted by molar-refractivity contribution is 5.89. The van der Waals surface area contributed by atoms with Crippen LogP contribution in [0.3, 0.4) is 0 Å². The molecule has 1 unspecified atom stereocenters. The average Bonchev–Trinajstić information content (AvgIpc) is 3.31. The molecule has 9 nitrogen and oxygen atoms in total. The number of nitrogens with zero attached hydrogens (tertiary/aromatic N) is 4. The number of ether oxygens (including phenoxy) is 2. The molecule has 0 bridgehead atoms. The Kier molecular flexibility index (Phi) is 8.49. The second kappa shape index (κ2) is 12.0. The number of fused-ring (bicyclic) bond motifs is 1. The second-order valence-corrected chi connectivity index (χ2v) is 10.2. The summed E-state index contributed by atoms with van der Waals surface area (Å²) in [6.45, 7) is 8.22. The van der Waals surface area contributed by atoms with Gasteiger partial charge < -0.3 is 19.7 Å². The van der Waals surface area contributed by atoms with Gasteiger partial charge in [0.15, 0.2) is 0 Å². The van der Waals surface area contributed by atoms with Crippen molar-refractivity contribution in [3.05, 3.63) is 83.9 Å². The molecule has 1 heterocycles. The Labute approximate surface area is 228 Å². The summed E-state index contributed by atoms with van der Waals surface area (Å²) in [6, 6.07) is 21.3. The van der Waals surface area contributed by atoms with E-state index >= 15 is 0 Å². The normalized spacial score (nSPS) is 12.1. The molecule has 9 heteroatoms. The highest BCUT2D eigenvalue weighted by Gasteiger charge is 2.34. The minimum atomic E-state index is -0.924. The summed E-state index contributed by atoms with van der Waals surface area (Å²) in [6.07, 6.45) is 0. The van der Waals surface area contributed by atoms with Gasteiger partial charge in [-0.15, -0.1) is 5.10 Å². The van der Waals surface area contributed by atoms with Crippen LogP contribution in [0, 0.1) is 0 Å². The molecule has 0 aliphatic carbocycles. The number of hydrogen-bond donors (Lipinski definition) is 1. The Morgan fingerprint density at radius 1 is 1.00 bits per heavy atom. The Morgan fingerprint density at radius 2 is 1.69 bits per heavy atom. The number of carbonyl (C=O) groups is 2. The number of para-hydroxylation sites is 2. The number of nitrogens with one attached hydrogen (secondary N) is 1. The van der Waals surface area contributed by atoms with Crippen molar-refractivity contribution >= 4 is 22.8 Å². The molecule has 3 aromatic carbocycles. The number of methoxy groups -OCH3 is 1. The highest BCUT2D eigenvalue weighted by atomic mass is 16.5. The van der Waals surface area contributed by atoms with Crippen LogP contribution in [0.2, 0.25) is 0 Å². The average molecular weight is 530 g/mol. The Bertz CT molecular complexity index is 1430. The fourth-order valence-corrected chi connectivity index (χ4v) is 4.42. The molecule has 204 valence electrons. The van der Waals surface area contributed by atoms with Crippen LogP contribution >= 0.6 is 0 Å². The number of aromatic nitrogens is 3. The van der Waals surface area contributed by atoms with E-state index in [0.29, 0.717) is 29.2 Å². The van der Waals surface area contributed by atoms with Crippen molar-refractivity contribution in [2.45, 2.75) is 52.4 Å². The largest absolute Gasteiger partial charge is 0.496 e. The predicted octanol–water partition coefficient (Wildman–Crippen LogP) is 4.52. The van der Waals surface area contributed by atoms with Crippen LogP contribution in [0.1, 0.15) is 44.9 Å². The standard InChI is InChI=1S/C30H35N5O4/c1-6-39-23-17-15-21(16-18-23)28(29(37)31-30(2,3)4)34(19-22-11-7-10-14-26(22)38-5)27(36)20-35-25-13-9-8-12-24(25)32-33-35/h7-18,28H,6,19-20H2,1-5H3,(H,31,37). The molecule has 1 aromatic heterocycles. The number of hydrogen-bond acceptors (Lipinski definition) is 6. The SMILES string of the molecule is CCOc1ccc(C(C(=O)NC(C)(C)C)N(Cc2ccccc2OC)C(=O)Cn2nnc3ccccc32)cc1. The summed E-state index contributed by atoms with van der Waals surface area (Å²) in [5.41, 5.74) is 2.35. The van der Waals surface area contributed by atoms with E-state index in [1.807, 2.05) is 100 Å². The van der Waals surface area contributed by atoms with Crippen LogP contribution in [0.5, 0.6) is 11.5 Å². The molecule has 0 saturated heterocycles. The van der Waals surface area contributed by atoms with Crippen molar-refractivity contribution in [3.63, 3.8) is 0 Å². The van der Waals surface area contributed by atoms with Crippen LogP contribution in [-0.2, 0) is 22.7 Å². The van der Waals surface area contributed by atoms with Gasteiger partial charge in [-0.3, -0.25) is 9.59 Å². The molecule has 0 fully saturated rings. The highest BCUT2D eigenvalue weighted by Crippen LogP contribution is 2.29. The van der Waals surface area contributed by atoms with E-state index in [9.17, 15) is 9.59 Å². The second-order valence-electron chi connectivity index (χ2n) is 10.2. The third-order valence-corrected chi connectivity index (χ3v) is 6.12. The van der Waals surface area contributed by atoms with Crippen molar-refractivity contribution in [1.29, 1.82) is 0 Å². The zero-order chi connectivity index (χ0) is 28.0. The first kappa shape index (κ1) is 27.6. The number of carbonyl (C=O) groups excluding carboxylic acids is 2. The number of rotatable bonds is 10. The van der Waals surface area contributed by atoms with Crippen molar-refractivity contribution in [2.75, 3.05) is 13.7 Å². The van der Waals surface area contributed by atoms with E-state index < -0.39 is 11.6 Å². The molecule has 4 rings (SSSR count). The van der Waals surface area contributed by atoms with Crippen LogP contribution in [0.25, 0.3) is 11.0 Å². The van der Waals surface area contributed by atoms with Crippen molar-refractivity contribution in [1.82, 2.24) is 25.2 Å². The number of amides is 2. The van der Waals surface area contributed by atoms with Gasteiger partial charge in [0.05, 0.1) is 25.8 Å². The van der Waals surface area contributed by atoms with E-state index in [1.54, 1.807) is 16.7 Å². The third-order valence-electron chi connectivity index (χ3n) is 6.12. The first-order valence-corrected chi connectivity index (χ1v) is 12.9. The molecule has 0 radical (unpaired) electrons. The molecular weight excluding hydrogens is 494 g/mol. The lowest BCUT2D eigenvalue weighted by Crippen LogP contribution is -2.49. The van der Waals surface area contributed by atoms with Gasteiger partial charge in [-0.2, -0.15) is 0 Å². The van der Waals surface area contributed by atoms with Crippen LogP contribution in [0.4, 0.5) is 0 Å². The van der Waals surface area contributed by atoms with Crippen molar-refractivity contribution < 1.29 is 19.1 Å².